The molecule has 2 fully saturated rings. The molecule has 2 rings (SSSR count). The SMILES string of the molecule is CC1CCC(OOC2CCC2)CC1. The van der Waals surface area contributed by atoms with Crippen LogP contribution in [0.3, 0.4) is 0 Å². The molecule has 2 aliphatic rings. The lowest BCUT2D eigenvalue weighted by Gasteiger charge is -2.29. The van der Waals surface area contributed by atoms with Crippen LogP contribution in [0.5, 0.6) is 0 Å². The van der Waals surface area contributed by atoms with Gasteiger partial charge in [-0.05, 0) is 50.9 Å². The Morgan fingerprint density at radius 3 is 1.77 bits per heavy atom. The molecule has 0 N–H and O–H groups in total. The first-order valence-corrected chi connectivity index (χ1v) is 5.66. The molecular formula is C11H20O2. The summed E-state index contributed by atoms with van der Waals surface area (Å²) >= 11 is 0. The summed E-state index contributed by atoms with van der Waals surface area (Å²) < 4.78 is 0. The summed E-state index contributed by atoms with van der Waals surface area (Å²) in [5, 5.41) is 0. The van der Waals surface area contributed by atoms with Gasteiger partial charge >= 0.3 is 0 Å². The summed E-state index contributed by atoms with van der Waals surface area (Å²) in [4.78, 5) is 10.8. The zero-order valence-electron chi connectivity index (χ0n) is 8.50. The van der Waals surface area contributed by atoms with Gasteiger partial charge in [-0.2, -0.15) is 0 Å². The smallest absolute Gasteiger partial charge is 0.0930 e. The van der Waals surface area contributed by atoms with Crippen LogP contribution in [-0.4, -0.2) is 12.2 Å². The van der Waals surface area contributed by atoms with Gasteiger partial charge in [-0.25, -0.2) is 9.78 Å². The Morgan fingerprint density at radius 1 is 0.769 bits per heavy atom. The van der Waals surface area contributed by atoms with Crippen LogP contribution in [-0.2, 0) is 9.78 Å². The monoisotopic (exact) mass is 184 g/mol. The van der Waals surface area contributed by atoms with Crippen LogP contribution in [0.2, 0.25) is 0 Å². The van der Waals surface area contributed by atoms with E-state index in [1.807, 2.05) is 0 Å². The van der Waals surface area contributed by atoms with Crippen molar-refractivity contribution < 1.29 is 9.78 Å². The van der Waals surface area contributed by atoms with Gasteiger partial charge in [0.2, 0.25) is 0 Å². The first-order valence-electron chi connectivity index (χ1n) is 5.66. The molecule has 2 heteroatoms. The molecule has 0 atom stereocenters. The van der Waals surface area contributed by atoms with Crippen LogP contribution >= 0.6 is 0 Å². The van der Waals surface area contributed by atoms with E-state index in [-0.39, 0.29) is 0 Å². The van der Waals surface area contributed by atoms with Crippen molar-refractivity contribution in [1.29, 1.82) is 0 Å². The van der Waals surface area contributed by atoms with Crippen molar-refractivity contribution in [3.63, 3.8) is 0 Å². The van der Waals surface area contributed by atoms with Crippen molar-refractivity contribution in [2.75, 3.05) is 0 Å². The molecule has 0 aromatic carbocycles. The van der Waals surface area contributed by atoms with Crippen molar-refractivity contribution in [3.05, 3.63) is 0 Å². The zero-order chi connectivity index (χ0) is 9.10. The lowest BCUT2D eigenvalue weighted by atomic mass is 9.89. The molecule has 0 aromatic heterocycles. The predicted octanol–water partition coefficient (Wildman–Crippen LogP) is 3.07. The number of hydrogen-bond acceptors (Lipinski definition) is 2. The highest BCUT2D eigenvalue weighted by Crippen LogP contribution is 2.28. The summed E-state index contributed by atoms with van der Waals surface area (Å²) in [5.41, 5.74) is 0. The molecule has 0 unspecified atom stereocenters. The van der Waals surface area contributed by atoms with Crippen LogP contribution in [0.1, 0.15) is 51.9 Å². The largest absolute Gasteiger partial charge is 0.233 e. The van der Waals surface area contributed by atoms with Gasteiger partial charge in [0.1, 0.15) is 0 Å². The highest BCUT2D eigenvalue weighted by atomic mass is 17.2. The van der Waals surface area contributed by atoms with Gasteiger partial charge in [0, 0.05) is 0 Å². The fraction of sp³-hybridized carbons (Fsp3) is 1.00. The molecule has 0 radical (unpaired) electrons. The van der Waals surface area contributed by atoms with E-state index in [1.54, 1.807) is 0 Å². The lowest BCUT2D eigenvalue weighted by molar-refractivity contribution is -0.365. The van der Waals surface area contributed by atoms with E-state index in [9.17, 15) is 0 Å². The third-order valence-electron chi connectivity index (χ3n) is 3.34. The summed E-state index contributed by atoms with van der Waals surface area (Å²) in [7, 11) is 0. The van der Waals surface area contributed by atoms with Gasteiger partial charge in [-0.3, -0.25) is 0 Å². The van der Waals surface area contributed by atoms with E-state index in [4.69, 9.17) is 9.78 Å². The normalized spacial score (nSPS) is 35.8. The molecule has 0 spiro atoms. The quantitative estimate of drug-likeness (QED) is 0.495. The molecule has 0 saturated heterocycles. The molecule has 0 amide bonds. The Balaban J connectivity index is 1.59. The van der Waals surface area contributed by atoms with Crippen LogP contribution in [0.15, 0.2) is 0 Å². The van der Waals surface area contributed by atoms with Gasteiger partial charge in [-0.15, -0.1) is 0 Å². The fourth-order valence-electron chi connectivity index (χ4n) is 1.95. The molecule has 0 aliphatic heterocycles. The molecule has 2 nitrogen and oxygen atoms in total. The molecule has 2 aliphatic carbocycles. The van der Waals surface area contributed by atoms with Crippen molar-refractivity contribution in [1.82, 2.24) is 0 Å². The van der Waals surface area contributed by atoms with E-state index in [0.29, 0.717) is 12.2 Å². The Morgan fingerprint density at radius 2 is 1.31 bits per heavy atom. The zero-order valence-corrected chi connectivity index (χ0v) is 8.50. The van der Waals surface area contributed by atoms with E-state index >= 15 is 0 Å². The maximum atomic E-state index is 5.44. The second-order valence-corrected chi connectivity index (χ2v) is 4.63. The standard InChI is InChI=1S/C11H20O2/c1-9-5-7-11(8-6-9)13-12-10-3-2-4-10/h9-11H,2-8H2,1H3. The molecular weight excluding hydrogens is 164 g/mol. The summed E-state index contributed by atoms with van der Waals surface area (Å²) in [6, 6.07) is 0. The first-order chi connectivity index (χ1) is 6.34. The maximum Gasteiger partial charge on any atom is 0.0930 e. The van der Waals surface area contributed by atoms with Gasteiger partial charge in [-0.1, -0.05) is 6.92 Å². The van der Waals surface area contributed by atoms with Crippen LogP contribution in [0.4, 0.5) is 0 Å². The summed E-state index contributed by atoms with van der Waals surface area (Å²) in [6.07, 6.45) is 9.50. The lowest BCUT2D eigenvalue weighted by Crippen LogP contribution is -2.27. The van der Waals surface area contributed by atoms with Gasteiger partial charge in [0.25, 0.3) is 0 Å². The molecule has 13 heavy (non-hydrogen) atoms. The van der Waals surface area contributed by atoms with Crippen molar-refractivity contribution >= 4 is 0 Å². The maximum absolute atomic E-state index is 5.44. The van der Waals surface area contributed by atoms with Gasteiger partial charge in [0.05, 0.1) is 12.2 Å². The van der Waals surface area contributed by atoms with E-state index in [1.165, 1.54) is 44.9 Å². The molecule has 0 bridgehead atoms. The Labute approximate surface area is 80.5 Å². The highest BCUT2D eigenvalue weighted by Gasteiger charge is 2.23. The molecule has 0 heterocycles. The summed E-state index contributed by atoms with van der Waals surface area (Å²) in [5.74, 6) is 0.892. The second kappa shape index (κ2) is 4.43. The third-order valence-corrected chi connectivity index (χ3v) is 3.34. The van der Waals surface area contributed by atoms with E-state index in [2.05, 4.69) is 6.92 Å². The van der Waals surface area contributed by atoms with Crippen molar-refractivity contribution in [2.45, 2.75) is 64.1 Å². The Hall–Kier alpha value is -0.0800. The second-order valence-electron chi connectivity index (χ2n) is 4.63. The molecule has 0 aromatic rings. The fourth-order valence-corrected chi connectivity index (χ4v) is 1.95. The summed E-state index contributed by atoms with van der Waals surface area (Å²) in [6.45, 7) is 2.32. The van der Waals surface area contributed by atoms with Crippen molar-refractivity contribution in [2.24, 2.45) is 5.92 Å². The predicted molar refractivity (Wildman–Crippen MR) is 51.2 cm³/mol. The Bertz CT molecular complexity index is 146. The van der Waals surface area contributed by atoms with Gasteiger partial charge in [0.15, 0.2) is 0 Å². The van der Waals surface area contributed by atoms with Crippen LogP contribution in [0.25, 0.3) is 0 Å². The van der Waals surface area contributed by atoms with Crippen molar-refractivity contribution in [3.8, 4) is 0 Å². The average Bonchev–Trinajstić information content (AvgIpc) is 2.05. The highest BCUT2D eigenvalue weighted by molar-refractivity contribution is 4.70. The minimum atomic E-state index is 0.386. The molecule has 2 saturated carbocycles. The molecule has 76 valence electrons. The average molecular weight is 184 g/mol. The first kappa shape index (κ1) is 9.47. The topological polar surface area (TPSA) is 18.5 Å². The van der Waals surface area contributed by atoms with Crippen LogP contribution in [0, 0.1) is 5.92 Å². The Kier molecular flexibility index (Phi) is 3.23. The minimum absolute atomic E-state index is 0.386. The third kappa shape index (κ3) is 2.68. The number of rotatable bonds is 3. The van der Waals surface area contributed by atoms with E-state index < -0.39 is 0 Å². The number of hydrogen-bond donors (Lipinski definition) is 0. The van der Waals surface area contributed by atoms with E-state index in [0.717, 1.165) is 5.92 Å². The minimum Gasteiger partial charge on any atom is -0.233 e. The van der Waals surface area contributed by atoms with Crippen LogP contribution < -0.4 is 0 Å². The van der Waals surface area contributed by atoms with Gasteiger partial charge < -0.3 is 0 Å².